The van der Waals surface area contributed by atoms with Crippen molar-refractivity contribution in [2.24, 2.45) is 0 Å². The molecule has 0 aromatic carbocycles. The van der Waals surface area contributed by atoms with Crippen molar-refractivity contribution in [3.05, 3.63) is 0 Å². The predicted molar refractivity (Wildman–Crippen MR) is 125 cm³/mol. The molecule has 0 radical (unpaired) electrons. The zero-order chi connectivity index (χ0) is 20.1. The minimum Gasteiger partial charge on any atom is -0.352 e. The van der Waals surface area contributed by atoms with Gasteiger partial charge in [0.25, 0.3) is 0 Å². The Kier molecular flexibility index (Phi) is 6.28. The summed E-state index contributed by atoms with van der Waals surface area (Å²) in [4.78, 5) is 4.24. The van der Waals surface area contributed by atoms with E-state index in [0.717, 1.165) is 47.4 Å². The summed E-state index contributed by atoms with van der Waals surface area (Å²) in [5.74, 6) is 0.982. The molecule has 4 aliphatic heterocycles. The van der Waals surface area contributed by atoms with Crippen molar-refractivity contribution in [2.75, 3.05) is 36.1 Å². The molecule has 4 atom stereocenters. The average molecular weight is 501 g/mol. The molecule has 158 valence electrons. The molecule has 4 aliphatic rings. The van der Waals surface area contributed by atoms with Crippen molar-refractivity contribution >= 4 is 76.3 Å². The third-order valence-corrected chi connectivity index (χ3v) is 13.2. The van der Waals surface area contributed by atoms with E-state index < -0.39 is 19.7 Å². The van der Waals surface area contributed by atoms with Crippen molar-refractivity contribution in [3.8, 4) is 0 Å². The lowest BCUT2D eigenvalue weighted by Crippen LogP contribution is -2.37. The first kappa shape index (κ1) is 21.6. The lowest BCUT2D eigenvalue weighted by Gasteiger charge is -2.25. The maximum Gasteiger partial charge on any atom is 0.153 e. The Labute approximate surface area is 186 Å². The van der Waals surface area contributed by atoms with Crippen LogP contribution in [0, 0.1) is 0 Å². The van der Waals surface area contributed by atoms with Crippen LogP contribution < -0.4 is 0 Å². The summed E-state index contributed by atoms with van der Waals surface area (Å²) in [6.45, 7) is 1.65. The van der Waals surface area contributed by atoms with E-state index >= 15 is 0 Å². The van der Waals surface area contributed by atoms with Gasteiger partial charge in [-0.2, -0.15) is 0 Å². The van der Waals surface area contributed by atoms with Gasteiger partial charge in [0.2, 0.25) is 0 Å². The number of thiocarbonyl (C=S) groups is 2. The second-order valence-corrected chi connectivity index (χ2v) is 16.0. The second-order valence-electron chi connectivity index (χ2n) is 7.93. The van der Waals surface area contributed by atoms with Gasteiger partial charge < -0.3 is 9.80 Å². The van der Waals surface area contributed by atoms with Crippen LogP contribution in [-0.4, -0.2) is 94.0 Å². The molecular formula is C16H24N2O4S6. The van der Waals surface area contributed by atoms with Gasteiger partial charge in [-0.25, -0.2) is 16.8 Å². The maximum absolute atomic E-state index is 11.8. The number of nitrogens with zero attached hydrogens (tertiary/aromatic N) is 2. The van der Waals surface area contributed by atoms with E-state index in [1.807, 2.05) is 0 Å². The summed E-state index contributed by atoms with van der Waals surface area (Å²) < 4.78 is 49.1. The third-order valence-electron chi connectivity index (χ3n) is 5.87. The van der Waals surface area contributed by atoms with Gasteiger partial charge in [0, 0.05) is 23.6 Å². The van der Waals surface area contributed by atoms with Gasteiger partial charge in [-0.15, -0.1) is 0 Å². The van der Waals surface area contributed by atoms with Crippen LogP contribution in [0.2, 0.25) is 0 Å². The zero-order valence-corrected chi connectivity index (χ0v) is 20.3. The van der Waals surface area contributed by atoms with Crippen molar-refractivity contribution in [2.45, 2.75) is 48.3 Å². The van der Waals surface area contributed by atoms with Crippen LogP contribution in [0.15, 0.2) is 0 Å². The third kappa shape index (κ3) is 4.51. The Bertz CT molecular complexity index is 802. The van der Waals surface area contributed by atoms with E-state index in [0.29, 0.717) is 0 Å². The van der Waals surface area contributed by atoms with E-state index in [9.17, 15) is 16.8 Å². The van der Waals surface area contributed by atoms with Gasteiger partial charge in [-0.05, 0) is 12.8 Å². The molecule has 0 aliphatic carbocycles. The van der Waals surface area contributed by atoms with Gasteiger partial charge in [0.15, 0.2) is 19.7 Å². The van der Waals surface area contributed by atoms with E-state index in [-0.39, 0.29) is 45.6 Å². The number of sulfone groups is 2. The number of hydrogen-bond acceptors (Lipinski definition) is 8. The van der Waals surface area contributed by atoms with Crippen LogP contribution in [0.25, 0.3) is 0 Å². The van der Waals surface area contributed by atoms with E-state index in [1.54, 1.807) is 23.5 Å². The summed E-state index contributed by atoms with van der Waals surface area (Å²) in [7, 11) is -5.83. The molecular weight excluding hydrogens is 477 g/mol. The number of unbranched alkanes of at least 4 members (excludes halogenated alkanes) is 3. The summed E-state index contributed by atoms with van der Waals surface area (Å²) in [5, 5.41) is 0.226. The number of hydrogen-bond donors (Lipinski definition) is 0. The van der Waals surface area contributed by atoms with Crippen LogP contribution in [0.4, 0.5) is 0 Å². The van der Waals surface area contributed by atoms with Crippen LogP contribution in [-0.2, 0) is 19.7 Å². The second kappa shape index (κ2) is 8.14. The summed E-state index contributed by atoms with van der Waals surface area (Å²) >= 11 is 14.0. The Hall–Kier alpha value is 0.380. The zero-order valence-electron chi connectivity index (χ0n) is 15.4. The fraction of sp³-hybridized carbons (Fsp3) is 0.875. The molecule has 0 bridgehead atoms. The average Bonchev–Trinajstić information content (AvgIpc) is 3.20. The van der Waals surface area contributed by atoms with E-state index in [1.165, 1.54) is 0 Å². The van der Waals surface area contributed by atoms with Crippen molar-refractivity contribution < 1.29 is 16.8 Å². The molecule has 0 unspecified atom stereocenters. The molecule has 4 saturated heterocycles. The van der Waals surface area contributed by atoms with E-state index in [4.69, 9.17) is 24.4 Å². The SMILES string of the molecule is O=S1(=O)C[C@@H]2SC(=S)N(CCCCCCN3C(=S)S[C@@H]4CS(=O)(=O)C[C@@H]43)[C@@H]2C1. The predicted octanol–water partition coefficient (Wildman–Crippen LogP) is 1.55. The number of rotatable bonds is 7. The van der Waals surface area contributed by atoms with Gasteiger partial charge in [-0.1, -0.05) is 60.8 Å². The van der Waals surface area contributed by atoms with Crippen molar-refractivity contribution in [1.29, 1.82) is 0 Å². The Balaban J connectivity index is 1.18. The van der Waals surface area contributed by atoms with Crippen LogP contribution in [0.5, 0.6) is 0 Å². The van der Waals surface area contributed by atoms with Gasteiger partial charge in [0.1, 0.15) is 8.64 Å². The lowest BCUT2D eigenvalue weighted by molar-refractivity contribution is 0.336. The molecule has 4 heterocycles. The molecule has 0 N–H and O–H groups in total. The quantitative estimate of drug-likeness (QED) is 0.380. The lowest BCUT2D eigenvalue weighted by atomic mass is 10.1. The number of fused-ring (bicyclic) bond motifs is 2. The molecule has 0 spiro atoms. The Morgan fingerprint density at radius 1 is 0.714 bits per heavy atom. The topological polar surface area (TPSA) is 74.8 Å². The highest BCUT2D eigenvalue weighted by Crippen LogP contribution is 2.39. The summed E-state index contributed by atoms with van der Waals surface area (Å²) in [6, 6.07) is 0.116. The molecule has 0 aromatic rings. The van der Waals surface area contributed by atoms with Gasteiger partial charge in [0.05, 0.1) is 35.1 Å². The first-order valence-corrected chi connectivity index (χ1v) is 15.7. The standard InChI is InChI=1S/C16H24N2O4S6/c19-27(20)7-11-13(9-27)25-15(23)17(11)5-3-1-2-4-6-18-12-8-28(21,22)10-14(12)26-16(18)24/h11-14H,1-10H2/t11-,12+,13+,14-. The Morgan fingerprint density at radius 3 is 1.50 bits per heavy atom. The summed E-state index contributed by atoms with van der Waals surface area (Å²) in [5.41, 5.74) is 0. The van der Waals surface area contributed by atoms with Crippen LogP contribution in [0.3, 0.4) is 0 Å². The highest BCUT2D eigenvalue weighted by Gasteiger charge is 2.48. The van der Waals surface area contributed by atoms with Crippen molar-refractivity contribution in [3.63, 3.8) is 0 Å². The van der Waals surface area contributed by atoms with Crippen molar-refractivity contribution in [1.82, 2.24) is 9.80 Å². The molecule has 0 amide bonds. The molecule has 0 saturated carbocycles. The fourth-order valence-corrected chi connectivity index (χ4v) is 13.3. The molecule has 4 fully saturated rings. The Morgan fingerprint density at radius 2 is 1.11 bits per heavy atom. The minimum absolute atomic E-state index is 0.0581. The minimum atomic E-state index is -2.92. The molecule has 0 aromatic heterocycles. The van der Waals surface area contributed by atoms with Gasteiger partial charge >= 0.3 is 0 Å². The molecule has 4 rings (SSSR count). The smallest absolute Gasteiger partial charge is 0.153 e. The first-order valence-electron chi connectivity index (χ1n) is 9.50. The summed E-state index contributed by atoms with van der Waals surface area (Å²) in [6.07, 6.45) is 4.08. The maximum atomic E-state index is 11.8. The molecule has 12 heteroatoms. The largest absolute Gasteiger partial charge is 0.352 e. The number of thioether (sulfide) groups is 2. The molecule has 6 nitrogen and oxygen atoms in total. The first-order chi connectivity index (χ1) is 13.2. The van der Waals surface area contributed by atoms with Crippen LogP contribution in [0.1, 0.15) is 25.7 Å². The normalized spacial score (nSPS) is 35.6. The molecule has 28 heavy (non-hydrogen) atoms. The fourth-order valence-electron chi connectivity index (χ4n) is 4.50. The van der Waals surface area contributed by atoms with Crippen LogP contribution >= 0.6 is 48.0 Å². The van der Waals surface area contributed by atoms with E-state index in [2.05, 4.69) is 9.80 Å². The highest BCUT2D eigenvalue weighted by molar-refractivity contribution is 8.24. The monoisotopic (exact) mass is 500 g/mol. The highest BCUT2D eigenvalue weighted by atomic mass is 32.2. The van der Waals surface area contributed by atoms with Gasteiger partial charge in [-0.3, -0.25) is 0 Å².